The van der Waals surface area contributed by atoms with Crippen molar-refractivity contribution in [1.82, 2.24) is 9.80 Å². The molecule has 9 nitrogen and oxygen atoms in total. The fourth-order valence-electron chi connectivity index (χ4n) is 3.73. The van der Waals surface area contributed by atoms with Gasteiger partial charge < -0.3 is 10.1 Å². The van der Waals surface area contributed by atoms with Crippen LogP contribution in [-0.2, 0) is 23.9 Å². The van der Waals surface area contributed by atoms with Crippen LogP contribution in [0.25, 0.3) is 6.08 Å². The number of thiocarbonyl (C=S) groups is 1. The maximum Gasteiger partial charge on any atom is 0.338 e. The van der Waals surface area contributed by atoms with Crippen molar-refractivity contribution in [1.29, 1.82) is 0 Å². The van der Waals surface area contributed by atoms with E-state index in [4.69, 9.17) is 17.0 Å². The smallest absolute Gasteiger partial charge is 0.338 e. The van der Waals surface area contributed by atoms with Gasteiger partial charge in [0, 0.05) is 5.69 Å². The van der Waals surface area contributed by atoms with Gasteiger partial charge in [0.1, 0.15) is 16.9 Å². The van der Waals surface area contributed by atoms with Crippen molar-refractivity contribution < 1.29 is 28.7 Å². The molecule has 0 bridgehead atoms. The fourth-order valence-corrected chi connectivity index (χ4v) is 5.09. The lowest BCUT2D eigenvalue weighted by molar-refractivity contribution is -0.143. The van der Waals surface area contributed by atoms with Crippen LogP contribution in [0.5, 0.6) is 0 Å². The summed E-state index contributed by atoms with van der Waals surface area (Å²) < 4.78 is 5.10. The van der Waals surface area contributed by atoms with Crippen molar-refractivity contribution in [2.75, 3.05) is 18.5 Å². The zero-order valence-corrected chi connectivity index (χ0v) is 20.8. The second kappa shape index (κ2) is 10.8. The number of ether oxygens (including phenoxy) is 1. The van der Waals surface area contributed by atoms with Gasteiger partial charge in [0.05, 0.1) is 23.5 Å². The summed E-state index contributed by atoms with van der Waals surface area (Å²) in [6, 6.07) is 14.1. The van der Waals surface area contributed by atoms with E-state index >= 15 is 0 Å². The number of esters is 1. The second-order valence-electron chi connectivity index (χ2n) is 7.85. The predicted molar refractivity (Wildman–Crippen MR) is 138 cm³/mol. The highest BCUT2D eigenvalue weighted by molar-refractivity contribution is 8.26. The highest BCUT2D eigenvalue weighted by Gasteiger charge is 2.48. The van der Waals surface area contributed by atoms with Gasteiger partial charge in [-0.25, -0.2) is 4.79 Å². The Labute approximate surface area is 216 Å². The first-order chi connectivity index (χ1) is 17.3. The van der Waals surface area contributed by atoms with Crippen LogP contribution in [0, 0.1) is 0 Å². The van der Waals surface area contributed by atoms with E-state index < -0.39 is 42.2 Å². The molecule has 1 N–H and O–H groups in total. The summed E-state index contributed by atoms with van der Waals surface area (Å²) in [6.45, 7) is 1.43. The molecule has 0 saturated carbocycles. The normalized spacial score (nSPS) is 18.8. The summed E-state index contributed by atoms with van der Waals surface area (Å²) in [7, 11) is 0. The molecule has 1 unspecified atom stereocenters. The number of thioether (sulfide) groups is 1. The van der Waals surface area contributed by atoms with Gasteiger partial charge in [0.25, 0.3) is 11.8 Å². The third-order valence-corrected chi connectivity index (χ3v) is 6.76. The molecule has 2 aliphatic heterocycles. The maximum absolute atomic E-state index is 13.0. The molecule has 2 aromatic carbocycles. The van der Waals surface area contributed by atoms with E-state index in [1.807, 2.05) is 30.3 Å². The molecule has 0 aromatic heterocycles. The van der Waals surface area contributed by atoms with Gasteiger partial charge in [-0.15, -0.1) is 0 Å². The van der Waals surface area contributed by atoms with Crippen molar-refractivity contribution in [3.05, 3.63) is 70.6 Å². The standard InChI is InChI=1S/C25H21N3O6S2/c1-2-34-24(33)16-8-10-17(11-9-16)26-20(29)14-27-21(30)13-18(22(27)31)28-23(32)19(36-25(28)35)12-15-6-4-3-5-7-15/h3-12,18H,2,13-14H2,1H3,(H,26,29)/b19-12+. The number of carbonyl (C=O) groups is 5. The molecular weight excluding hydrogens is 502 g/mol. The second-order valence-corrected chi connectivity index (χ2v) is 9.52. The first-order valence-electron chi connectivity index (χ1n) is 11.0. The molecule has 4 amide bonds. The molecule has 36 heavy (non-hydrogen) atoms. The number of nitrogens with zero attached hydrogens (tertiary/aromatic N) is 2. The van der Waals surface area contributed by atoms with Gasteiger partial charge in [-0.05, 0) is 42.8 Å². The van der Waals surface area contributed by atoms with E-state index in [0.717, 1.165) is 27.1 Å². The Morgan fingerprint density at radius 1 is 1.11 bits per heavy atom. The van der Waals surface area contributed by atoms with E-state index in [1.54, 1.807) is 13.0 Å². The summed E-state index contributed by atoms with van der Waals surface area (Å²) in [5.74, 6) is -2.77. The number of hydrogen-bond acceptors (Lipinski definition) is 8. The van der Waals surface area contributed by atoms with Crippen LogP contribution in [0.3, 0.4) is 0 Å². The monoisotopic (exact) mass is 523 g/mol. The number of anilines is 1. The fraction of sp³-hybridized carbons (Fsp3) is 0.200. The average Bonchev–Trinajstić information content (AvgIpc) is 3.28. The van der Waals surface area contributed by atoms with Crippen LogP contribution in [0.4, 0.5) is 5.69 Å². The summed E-state index contributed by atoms with van der Waals surface area (Å²) in [4.78, 5) is 65.2. The van der Waals surface area contributed by atoms with Gasteiger partial charge in [-0.2, -0.15) is 0 Å². The van der Waals surface area contributed by atoms with Crippen LogP contribution < -0.4 is 5.32 Å². The lowest BCUT2D eigenvalue weighted by Crippen LogP contribution is -2.45. The highest BCUT2D eigenvalue weighted by atomic mass is 32.2. The summed E-state index contributed by atoms with van der Waals surface area (Å²) >= 11 is 6.39. The molecule has 0 radical (unpaired) electrons. The Hall–Kier alpha value is -3.83. The number of likely N-dealkylation sites (tertiary alicyclic amines) is 1. The molecule has 1 atom stereocenters. The van der Waals surface area contributed by atoms with Crippen LogP contribution in [0.2, 0.25) is 0 Å². The first kappa shape index (κ1) is 25.3. The van der Waals surface area contributed by atoms with Crippen molar-refractivity contribution in [3.8, 4) is 0 Å². The van der Waals surface area contributed by atoms with E-state index in [1.165, 1.54) is 24.3 Å². The number of rotatable bonds is 7. The number of nitrogens with one attached hydrogen (secondary N) is 1. The molecule has 0 aliphatic carbocycles. The lowest BCUT2D eigenvalue weighted by atomic mass is 10.2. The Morgan fingerprint density at radius 3 is 2.47 bits per heavy atom. The minimum absolute atomic E-state index is 0.182. The minimum Gasteiger partial charge on any atom is -0.462 e. The Balaban J connectivity index is 1.40. The largest absolute Gasteiger partial charge is 0.462 e. The number of amides is 4. The SMILES string of the molecule is CCOC(=O)c1ccc(NC(=O)CN2C(=O)CC(N3C(=O)/C(=C\c4ccccc4)SC3=S)C2=O)cc1. The van der Waals surface area contributed by atoms with E-state index in [2.05, 4.69) is 5.32 Å². The third-order valence-electron chi connectivity index (χ3n) is 5.43. The Bertz CT molecular complexity index is 1280. The predicted octanol–water partition coefficient (Wildman–Crippen LogP) is 2.83. The van der Waals surface area contributed by atoms with E-state index in [-0.39, 0.29) is 17.3 Å². The topological polar surface area (TPSA) is 113 Å². The van der Waals surface area contributed by atoms with Crippen molar-refractivity contribution >= 4 is 69.7 Å². The van der Waals surface area contributed by atoms with E-state index in [0.29, 0.717) is 16.2 Å². The quantitative estimate of drug-likeness (QED) is 0.255. The molecule has 184 valence electrons. The Kier molecular flexibility index (Phi) is 7.61. The first-order valence-corrected chi connectivity index (χ1v) is 12.2. The number of imide groups is 1. The van der Waals surface area contributed by atoms with Crippen LogP contribution in [-0.4, -0.2) is 62.9 Å². The number of hydrogen-bond donors (Lipinski definition) is 1. The molecule has 2 heterocycles. The highest BCUT2D eigenvalue weighted by Crippen LogP contribution is 2.36. The molecule has 4 rings (SSSR count). The van der Waals surface area contributed by atoms with Crippen molar-refractivity contribution in [2.45, 2.75) is 19.4 Å². The minimum atomic E-state index is -1.09. The summed E-state index contributed by atoms with van der Waals surface area (Å²) in [6.07, 6.45) is 1.42. The van der Waals surface area contributed by atoms with E-state index in [9.17, 15) is 24.0 Å². The molecule has 2 saturated heterocycles. The maximum atomic E-state index is 13.0. The Morgan fingerprint density at radius 2 is 1.81 bits per heavy atom. The molecular formula is C25H21N3O6S2. The number of carbonyl (C=O) groups excluding carboxylic acids is 5. The van der Waals surface area contributed by atoms with Crippen molar-refractivity contribution in [3.63, 3.8) is 0 Å². The van der Waals surface area contributed by atoms with Crippen LogP contribution in [0.15, 0.2) is 59.5 Å². The molecule has 0 spiro atoms. The number of benzene rings is 2. The van der Waals surface area contributed by atoms with Crippen molar-refractivity contribution in [2.24, 2.45) is 0 Å². The zero-order valence-electron chi connectivity index (χ0n) is 19.1. The van der Waals surface area contributed by atoms with Crippen LogP contribution >= 0.6 is 24.0 Å². The van der Waals surface area contributed by atoms with Gasteiger partial charge in [-0.1, -0.05) is 54.3 Å². The summed E-state index contributed by atoms with van der Waals surface area (Å²) in [5, 5.41) is 2.59. The summed E-state index contributed by atoms with van der Waals surface area (Å²) in [5.41, 5.74) is 1.51. The van der Waals surface area contributed by atoms with Gasteiger partial charge in [-0.3, -0.25) is 29.0 Å². The van der Waals surface area contributed by atoms with Gasteiger partial charge in [0.2, 0.25) is 11.8 Å². The zero-order chi connectivity index (χ0) is 25.8. The molecule has 2 aliphatic rings. The van der Waals surface area contributed by atoms with Crippen LogP contribution in [0.1, 0.15) is 29.3 Å². The molecule has 2 aromatic rings. The molecule has 2 fully saturated rings. The third kappa shape index (κ3) is 5.37. The average molecular weight is 524 g/mol. The van der Waals surface area contributed by atoms with Gasteiger partial charge in [0.15, 0.2) is 0 Å². The lowest BCUT2D eigenvalue weighted by Gasteiger charge is -2.21. The molecule has 11 heteroatoms. The van der Waals surface area contributed by atoms with Gasteiger partial charge >= 0.3 is 5.97 Å².